The van der Waals surface area contributed by atoms with Crippen LogP contribution in [0.2, 0.25) is 0 Å². The second-order valence-corrected chi connectivity index (χ2v) is 3.21. The summed E-state index contributed by atoms with van der Waals surface area (Å²) in [7, 11) is 0. The third kappa shape index (κ3) is 2.91. The molecule has 1 rings (SSSR count). The molecule has 0 aliphatic rings. The molecular weight excluding hydrogens is 186 g/mol. The topological polar surface area (TPSA) is 17.1 Å². The molecule has 0 aromatic heterocycles. The van der Waals surface area contributed by atoms with Crippen molar-refractivity contribution in [3.05, 3.63) is 35.4 Å². The second-order valence-electron chi connectivity index (χ2n) is 3.21. The largest absolute Gasteiger partial charge is 0.299 e. The predicted octanol–water partition coefficient (Wildman–Crippen LogP) is 2.88. The Kier molecular flexibility index (Phi) is 3.74. The first-order valence-corrected chi connectivity index (χ1v) is 4.59. The number of carbonyl (C=O) groups excluding carboxylic acids is 1. The van der Waals surface area contributed by atoms with Gasteiger partial charge in [0.1, 0.15) is 5.78 Å². The summed E-state index contributed by atoms with van der Waals surface area (Å²) >= 11 is 0. The molecular formula is C11H12F2O. The Morgan fingerprint density at radius 2 is 2.00 bits per heavy atom. The van der Waals surface area contributed by atoms with Crippen molar-refractivity contribution in [1.82, 2.24) is 0 Å². The lowest BCUT2D eigenvalue weighted by molar-refractivity contribution is -0.118. The van der Waals surface area contributed by atoms with Gasteiger partial charge >= 0.3 is 0 Å². The van der Waals surface area contributed by atoms with Gasteiger partial charge in [-0.05, 0) is 24.1 Å². The number of Topliss-reactive ketones (excluding diaryl/α,β-unsaturated/α-hetero) is 1. The van der Waals surface area contributed by atoms with Crippen molar-refractivity contribution in [2.45, 2.75) is 26.2 Å². The fraction of sp³-hybridized carbons (Fsp3) is 0.364. The third-order valence-electron chi connectivity index (χ3n) is 1.91. The van der Waals surface area contributed by atoms with Crippen LogP contribution in [0.1, 0.15) is 25.3 Å². The molecule has 1 aromatic rings. The van der Waals surface area contributed by atoms with E-state index in [1.807, 2.05) is 6.92 Å². The van der Waals surface area contributed by atoms with Crippen LogP contribution in [0.5, 0.6) is 0 Å². The van der Waals surface area contributed by atoms with Crippen LogP contribution in [-0.2, 0) is 11.2 Å². The van der Waals surface area contributed by atoms with Crippen molar-refractivity contribution in [2.75, 3.05) is 0 Å². The van der Waals surface area contributed by atoms with Crippen LogP contribution in [0, 0.1) is 11.6 Å². The van der Waals surface area contributed by atoms with E-state index in [0.29, 0.717) is 12.0 Å². The molecule has 0 N–H and O–H groups in total. The molecule has 0 radical (unpaired) electrons. The van der Waals surface area contributed by atoms with Crippen molar-refractivity contribution >= 4 is 5.78 Å². The molecule has 76 valence electrons. The number of ketones is 1. The molecule has 0 heterocycles. The molecule has 1 aromatic carbocycles. The van der Waals surface area contributed by atoms with Crippen LogP contribution in [0.3, 0.4) is 0 Å². The standard InChI is InChI=1S/C11H12F2O/c1-2-3-9(14)6-8-4-5-10(12)11(13)7-8/h4-5,7H,2-3,6H2,1H3. The average molecular weight is 198 g/mol. The number of halogens is 2. The van der Waals surface area contributed by atoms with Crippen LogP contribution in [0.15, 0.2) is 18.2 Å². The Morgan fingerprint density at radius 3 is 2.57 bits per heavy atom. The van der Waals surface area contributed by atoms with Crippen LogP contribution < -0.4 is 0 Å². The van der Waals surface area contributed by atoms with E-state index in [-0.39, 0.29) is 12.2 Å². The summed E-state index contributed by atoms with van der Waals surface area (Å²) in [6, 6.07) is 3.55. The monoisotopic (exact) mass is 198 g/mol. The molecule has 0 unspecified atom stereocenters. The zero-order valence-electron chi connectivity index (χ0n) is 8.02. The lowest BCUT2D eigenvalue weighted by Gasteiger charge is -2.00. The zero-order chi connectivity index (χ0) is 10.6. The minimum atomic E-state index is -0.896. The maximum atomic E-state index is 12.7. The highest BCUT2D eigenvalue weighted by Crippen LogP contribution is 2.10. The highest BCUT2D eigenvalue weighted by Gasteiger charge is 2.06. The van der Waals surface area contributed by atoms with Gasteiger partial charge in [0.2, 0.25) is 0 Å². The van der Waals surface area contributed by atoms with Crippen molar-refractivity contribution < 1.29 is 13.6 Å². The highest BCUT2D eigenvalue weighted by atomic mass is 19.2. The second kappa shape index (κ2) is 4.84. The lowest BCUT2D eigenvalue weighted by Crippen LogP contribution is -2.02. The molecule has 0 fully saturated rings. The summed E-state index contributed by atoms with van der Waals surface area (Å²) in [4.78, 5) is 11.2. The average Bonchev–Trinajstić information content (AvgIpc) is 2.12. The minimum Gasteiger partial charge on any atom is -0.299 e. The number of rotatable bonds is 4. The molecule has 0 aliphatic carbocycles. The number of hydrogen-bond donors (Lipinski definition) is 0. The molecule has 0 amide bonds. The van der Waals surface area contributed by atoms with Crippen molar-refractivity contribution in [2.24, 2.45) is 0 Å². The molecule has 0 saturated heterocycles. The Hall–Kier alpha value is -1.25. The zero-order valence-corrected chi connectivity index (χ0v) is 8.02. The van der Waals surface area contributed by atoms with E-state index >= 15 is 0 Å². The Morgan fingerprint density at radius 1 is 1.29 bits per heavy atom. The fourth-order valence-corrected chi connectivity index (χ4v) is 1.24. The Balaban J connectivity index is 2.68. The first-order valence-electron chi connectivity index (χ1n) is 4.59. The van der Waals surface area contributed by atoms with E-state index < -0.39 is 11.6 Å². The lowest BCUT2D eigenvalue weighted by atomic mass is 10.1. The normalized spacial score (nSPS) is 10.2. The quantitative estimate of drug-likeness (QED) is 0.727. The van der Waals surface area contributed by atoms with Gasteiger partial charge in [-0.2, -0.15) is 0 Å². The van der Waals surface area contributed by atoms with Gasteiger partial charge in [-0.3, -0.25) is 4.79 Å². The van der Waals surface area contributed by atoms with Gasteiger partial charge in [0.15, 0.2) is 11.6 Å². The van der Waals surface area contributed by atoms with Crippen molar-refractivity contribution in [1.29, 1.82) is 0 Å². The van der Waals surface area contributed by atoms with Crippen molar-refractivity contribution in [3.63, 3.8) is 0 Å². The summed E-state index contributed by atoms with van der Waals surface area (Å²) < 4.78 is 25.3. The molecule has 14 heavy (non-hydrogen) atoms. The van der Waals surface area contributed by atoms with Gasteiger partial charge in [0.25, 0.3) is 0 Å². The summed E-state index contributed by atoms with van der Waals surface area (Å²) in [6.45, 7) is 1.91. The fourth-order valence-electron chi connectivity index (χ4n) is 1.24. The highest BCUT2D eigenvalue weighted by molar-refractivity contribution is 5.80. The summed E-state index contributed by atoms with van der Waals surface area (Å²) in [5.74, 6) is -1.72. The van der Waals surface area contributed by atoms with Gasteiger partial charge in [-0.15, -0.1) is 0 Å². The maximum absolute atomic E-state index is 12.7. The van der Waals surface area contributed by atoms with Crippen LogP contribution in [0.4, 0.5) is 8.78 Å². The van der Waals surface area contributed by atoms with Crippen LogP contribution >= 0.6 is 0 Å². The van der Waals surface area contributed by atoms with Gasteiger partial charge in [0, 0.05) is 12.8 Å². The van der Waals surface area contributed by atoms with Gasteiger partial charge in [-0.25, -0.2) is 8.78 Å². The van der Waals surface area contributed by atoms with E-state index in [1.54, 1.807) is 0 Å². The predicted molar refractivity (Wildman–Crippen MR) is 50.0 cm³/mol. The van der Waals surface area contributed by atoms with E-state index in [2.05, 4.69) is 0 Å². The van der Waals surface area contributed by atoms with E-state index in [1.165, 1.54) is 6.07 Å². The van der Waals surface area contributed by atoms with Crippen LogP contribution in [-0.4, -0.2) is 5.78 Å². The van der Waals surface area contributed by atoms with E-state index in [4.69, 9.17) is 0 Å². The molecule has 3 heteroatoms. The molecule has 0 spiro atoms. The SMILES string of the molecule is CCCC(=O)Cc1ccc(F)c(F)c1. The molecule has 0 atom stereocenters. The molecule has 0 saturated carbocycles. The van der Waals surface area contributed by atoms with Gasteiger partial charge in [0.05, 0.1) is 0 Å². The van der Waals surface area contributed by atoms with Gasteiger partial charge < -0.3 is 0 Å². The molecule has 0 bridgehead atoms. The van der Waals surface area contributed by atoms with E-state index in [9.17, 15) is 13.6 Å². The smallest absolute Gasteiger partial charge is 0.159 e. The van der Waals surface area contributed by atoms with Crippen molar-refractivity contribution in [3.8, 4) is 0 Å². The van der Waals surface area contributed by atoms with Crippen LogP contribution in [0.25, 0.3) is 0 Å². The van der Waals surface area contributed by atoms with E-state index in [0.717, 1.165) is 18.6 Å². The summed E-state index contributed by atoms with van der Waals surface area (Å²) in [6.07, 6.45) is 1.45. The molecule has 0 aliphatic heterocycles. The molecule has 1 nitrogen and oxygen atoms in total. The first-order chi connectivity index (χ1) is 6.63. The maximum Gasteiger partial charge on any atom is 0.159 e. The minimum absolute atomic E-state index is 0.0542. The van der Waals surface area contributed by atoms with Gasteiger partial charge in [-0.1, -0.05) is 13.0 Å². The number of hydrogen-bond acceptors (Lipinski definition) is 1. The number of benzene rings is 1. The summed E-state index contributed by atoms with van der Waals surface area (Å²) in [5.41, 5.74) is 0.530. The third-order valence-corrected chi connectivity index (χ3v) is 1.91. The summed E-state index contributed by atoms with van der Waals surface area (Å²) in [5, 5.41) is 0. The Bertz CT molecular complexity index is 334. The number of carbonyl (C=O) groups is 1. The Labute approximate surface area is 81.7 Å². The first kappa shape index (κ1) is 10.8.